The van der Waals surface area contributed by atoms with Crippen LogP contribution in [0.25, 0.3) is 0 Å². The van der Waals surface area contributed by atoms with Crippen molar-refractivity contribution in [2.45, 2.75) is 26.2 Å². The molecule has 2 heterocycles. The number of hydrogen-bond acceptors (Lipinski definition) is 4. The summed E-state index contributed by atoms with van der Waals surface area (Å²) in [6.45, 7) is 4.87. The molecule has 0 bridgehead atoms. The molecule has 3 rings (SSSR count). The molecule has 0 spiro atoms. The Morgan fingerprint density at radius 1 is 1.29 bits per heavy atom. The number of anilines is 1. The van der Waals surface area contributed by atoms with Gasteiger partial charge in [-0.3, -0.25) is 4.79 Å². The summed E-state index contributed by atoms with van der Waals surface area (Å²) in [6, 6.07) is 5.46. The first-order valence-corrected chi connectivity index (χ1v) is 8.81. The van der Waals surface area contributed by atoms with Gasteiger partial charge in [0.2, 0.25) is 12.7 Å². The molecule has 0 radical (unpaired) electrons. The van der Waals surface area contributed by atoms with Crippen LogP contribution in [0.15, 0.2) is 18.2 Å². The molecule has 24 heavy (non-hydrogen) atoms. The van der Waals surface area contributed by atoms with Crippen molar-refractivity contribution in [3.8, 4) is 11.5 Å². The summed E-state index contributed by atoms with van der Waals surface area (Å²) in [6.07, 6.45) is 2.67. The summed E-state index contributed by atoms with van der Waals surface area (Å²) in [5, 5.41) is 7.02. The predicted molar refractivity (Wildman–Crippen MR) is 96.4 cm³/mol. The Bertz CT molecular complexity index is 615. The van der Waals surface area contributed by atoms with Crippen LogP contribution in [0.5, 0.6) is 11.5 Å². The first-order valence-electron chi connectivity index (χ1n) is 8.40. The van der Waals surface area contributed by atoms with Gasteiger partial charge in [-0.1, -0.05) is 6.92 Å². The number of rotatable bonds is 4. The molecule has 0 atom stereocenters. The van der Waals surface area contributed by atoms with Gasteiger partial charge in [0.25, 0.3) is 0 Å². The van der Waals surface area contributed by atoms with Crippen molar-refractivity contribution < 1.29 is 14.3 Å². The van der Waals surface area contributed by atoms with E-state index in [1.165, 1.54) is 0 Å². The lowest BCUT2D eigenvalue weighted by atomic mass is 9.96. The Balaban J connectivity index is 1.49. The fourth-order valence-electron chi connectivity index (χ4n) is 2.91. The van der Waals surface area contributed by atoms with E-state index in [-0.39, 0.29) is 18.6 Å². The molecule has 0 saturated carbocycles. The first-order chi connectivity index (χ1) is 11.7. The van der Waals surface area contributed by atoms with Gasteiger partial charge in [-0.25, -0.2) is 0 Å². The maximum Gasteiger partial charge on any atom is 0.231 e. The van der Waals surface area contributed by atoms with Crippen LogP contribution in [0.4, 0.5) is 5.69 Å². The van der Waals surface area contributed by atoms with Crippen LogP contribution >= 0.6 is 12.2 Å². The molecule has 2 aliphatic rings. The Kier molecular flexibility index (Phi) is 5.40. The van der Waals surface area contributed by atoms with Crippen LogP contribution in [-0.4, -0.2) is 42.3 Å². The summed E-state index contributed by atoms with van der Waals surface area (Å²) in [5.41, 5.74) is 0.742. The van der Waals surface area contributed by atoms with E-state index in [0.717, 1.165) is 55.4 Å². The van der Waals surface area contributed by atoms with E-state index in [0.29, 0.717) is 5.75 Å². The lowest BCUT2D eigenvalue weighted by Crippen LogP contribution is -2.46. The van der Waals surface area contributed by atoms with E-state index >= 15 is 0 Å². The number of carbonyl (C=O) groups is 1. The van der Waals surface area contributed by atoms with Crippen LogP contribution in [0.3, 0.4) is 0 Å². The van der Waals surface area contributed by atoms with E-state index in [2.05, 4.69) is 22.5 Å². The number of ether oxygens (including phenoxy) is 2. The molecule has 2 N–H and O–H groups in total. The minimum atomic E-state index is 0.0145. The van der Waals surface area contributed by atoms with E-state index in [1.807, 2.05) is 12.1 Å². The SMILES string of the molecule is CCCNC(=S)N1CCC(C(=O)Nc2ccc3c(c2)OCO3)CC1. The van der Waals surface area contributed by atoms with E-state index in [1.54, 1.807) is 6.07 Å². The fourth-order valence-corrected chi connectivity index (χ4v) is 3.19. The van der Waals surface area contributed by atoms with Crippen molar-refractivity contribution in [1.82, 2.24) is 10.2 Å². The lowest BCUT2D eigenvalue weighted by Gasteiger charge is -2.33. The van der Waals surface area contributed by atoms with Gasteiger partial charge in [-0.2, -0.15) is 0 Å². The first kappa shape index (κ1) is 16.8. The summed E-state index contributed by atoms with van der Waals surface area (Å²) in [7, 11) is 0. The second-order valence-electron chi connectivity index (χ2n) is 6.05. The molecule has 1 saturated heterocycles. The van der Waals surface area contributed by atoms with E-state index < -0.39 is 0 Å². The maximum absolute atomic E-state index is 12.5. The largest absolute Gasteiger partial charge is 0.454 e. The summed E-state index contributed by atoms with van der Waals surface area (Å²) < 4.78 is 10.6. The number of likely N-dealkylation sites (tertiary alicyclic amines) is 1. The monoisotopic (exact) mass is 349 g/mol. The third-order valence-corrected chi connectivity index (χ3v) is 4.72. The average molecular weight is 349 g/mol. The molecule has 130 valence electrons. The Morgan fingerprint density at radius 2 is 2.04 bits per heavy atom. The van der Waals surface area contributed by atoms with Gasteiger partial charge in [0.05, 0.1) is 0 Å². The molecule has 1 amide bonds. The number of benzene rings is 1. The predicted octanol–water partition coefficient (Wildman–Crippen LogP) is 2.35. The molecule has 0 unspecified atom stereocenters. The van der Waals surface area contributed by atoms with Gasteiger partial charge in [-0.05, 0) is 43.6 Å². The topological polar surface area (TPSA) is 62.8 Å². The summed E-state index contributed by atoms with van der Waals surface area (Å²) in [5.74, 6) is 1.46. The number of carbonyl (C=O) groups excluding carboxylic acids is 1. The van der Waals surface area contributed by atoms with Gasteiger partial charge in [0.15, 0.2) is 16.6 Å². The van der Waals surface area contributed by atoms with Crippen LogP contribution in [0, 0.1) is 5.92 Å². The number of piperidine rings is 1. The molecule has 0 aliphatic carbocycles. The Hall–Kier alpha value is -2.02. The second kappa shape index (κ2) is 7.70. The van der Waals surface area contributed by atoms with Gasteiger partial charge < -0.3 is 25.0 Å². The standard InChI is InChI=1S/C17H23N3O3S/c1-2-7-18-17(24)20-8-5-12(6-9-20)16(21)19-13-3-4-14-15(10-13)23-11-22-14/h3-4,10,12H,2,5-9,11H2,1H3,(H,18,24)(H,19,21). The summed E-state index contributed by atoms with van der Waals surface area (Å²) in [4.78, 5) is 14.6. The molecule has 1 aromatic rings. The molecule has 2 aliphatic heterocycles. The molecule has 1 aromatic carbocycles. The highest BCUT2D eigenvalue weighted by Gasteiger charge is 2.26. The second-order valence-corrected chi connectivity index (χ2v) is 6.44. The number of fused-ring (bicyclic) bond motifs is 1. The van der Waals surface area contributed by atoms with Crippen molar-refractivity contribution in [2.75, 3.05) is 31.7 Å². The normalized spacial score (nSPS) is 16.8. The quantitative estimate of drug-likeness (QED) is 0.814. The van der Waals surface area contributed by atoms with Crippen LogP contribution in [-0.2, 0) is 4.79 Å². The van der Waals surface area contributed by atoms with E-state index in [4.69, 9.17) is 21.7 Å². The van der Waals surface area contributed by atoms with Crippen molar-refractivity contribution in [1.29, 1.82) is 0 Å². The van der Waals surface area contributed by atoms with Gasteiger partial charge in [0, 0.05) is 37.3 Å². The number of thiocarbonyl (C=S) groups is 1. The zero-order valence-electron chi connectivity index (χ0n) is 13.8. The number of hydrogen-bond donors (Lipinski definition) is 2. The van der Waals surface area contributed by atoms with E-state index in [9.17, 15) is 4.79 Å². The highest BCUT2D eigenvalue weighted by Crippen LogP contribution is 2.34. The molecule has 1 fully saturated rings. The highest BCUT2D eigenvalue weighted by molar-refractivity contribution is 7.80. The lowest BCUT2D eigenvalue weighted by molar-refractivity contribution is -0.120. The van der Waals surface area contributed by atoms with Crippen LogP contribution < -0.4 is 20.1 Å². The molecule has 6 nitrogen and oxygen atoms in total. The molecular formula is C17H23N3O3S. The molecular weight excluding hydrogens is 326 g/mol. The highest BCUT2D eigenvalue weighted by atomic mass is 32.1. The maximum atomic E-state index is 12.5. The van der Waals surface area contributed by atoms with Crippen LogP contribution in [0.1, 0.15) is 26.2 Å². The van der Waals surface area contributed by atoms with Crippen LogP contribution in [0.2, 0.25) is 0 Å². The third-order valence-electron chi connectivity index (χ3n) is 4.32. The molecule has 0 aromatic heterocycles. The fraction of sp³-hybridized carbons (Fsp3) is 0.529. The van der Waals surface area contributed by atoms with Gasteiger partial charge in [-0.15, -0.1) is 0 Å². The van der Waals surface area contributed by atoms with Gasteiger partial charge >= 0.3 is 0 Å². The number of nitrogens with one attached hydrogen (secondary N) is 2. The minimum absolute atomic E-state index is 0.0145. The average Bonchev–Trinajstić information content (AvgIpc) is 3.07. The zero-order valence-corrected chi connectivity index (χ0v) is 14.7. The smallest absolute Gasteiger partial charge is 0.231 e. The summed E-state index contributed by atoms with van der Waals surface area (Å²) >= 11 is 5.38. The minimum Gasteiger partial charge on any atom is -0.454 e. The number of amides is 1. The molecule has 7 heteroatoms. The zero-order chi connectivity index (χ0) is 16.9. The Labute approximate surface area is 147 Å². The third kappa shape index (κ3) is 3.90. The van der Waals surface area contributed by atoms with Crippen molar-refractivity contribution >= 4 is 28.9 Å². The number of nitrogens with zero attached hydrogens (tertiary/aromatic N) is 1. The van der Waals surface area contributed by atoms with Crippen molar-refractivity contribution in [3.05, 3.63) is 18.2 Å². The van der Waals surface area contributed by atoms with Gasteiger partial charge in [0.1, 0.15) is 0 Å². The Morgan fingerprint density at radius 3 is 2.79 bits per heavy atom. The van der Waals surface area contributed by atoms with Crippen molar-refractivity contribution in [3.63, 3.8) is 0 Å². The van der Waals surface area contributed by atoms with Crippen molar-refractivity contribution in [2.24, 2.45) is 5.92 Å².